The van der Waals surface area contributed by atoms with Gasteiger partial charge >= 0.3 is 0 Å². The van der Waals surface area contributed by atoms with E-state index >= 15 is 0 Å². The molecule has 0 aliphatic heterocycles. The lowest BCUT2D eigenvalue weighted by molar-refractivity contribution is 0.102. The molecule has 5 nitrogen and oxygen atoms in total. The molecule has 2 rings (SSSR count). The molecular weight excluding hydrogens is 240 g/mol. The molecule has 0 spiro atoms. The number of carbonyl (C=O) groups excluding carboxylic acids is 1. The van der Waals surface area contributed by atoms with Crippen LogP contribution in [0.5, 0.6) is 0 Å². The molecule has 0 aliphatic carbocycles. The number of nitrogens with two attached hydrogens (primary N) is 1. The van der Waals surface area contributed by atoms with Gasteiger partial charge in [0.15, 0.2) is 0 Å². The smallest absolute Gasteiger partial charge is 0.259 e. The van der Waals surface area contributed by atoms with Crippen molar-refractivity contribution >= 4 is 23.1 Å². The van der Waals surface area contributed by atoms with Gasteiger partial charge in [-0.1, -0.05) is 6.07 Å². The van der Waals surface area contributed by atoms with Gasteiger partial charge in [0.25, 0.3) is 5.91 Å². The fourth-order valence-electron chi connectivity index (χ4n) is 1.67. The van der Waals surface area contributed by atoms with Gasteiger partial charge in [-0.2, -0.15) is 0 Å². The van der Waals surface area contributed by atoms with E-state index in [1.807, 2.05) is 43.3 Å². The van der Waals surface area contributed by atoms with Gasteiger partial charge in [0.1, 0.15) is 5.82 Å². The van der Waals surface area contributed by atoms with Crippen molar-refractivity contribution in [2.75, 3.05) is 30.0 Å². The lowest BCUT2D eigenvalue weighted by Gasteiger charge is -2.14. The lowest BCUT2D eigenvalue weighted by Crippen LogP contribution is -2.15. The van der Waals surface area contributed by atoms with E-state index in [4.69, 9.17) is 5.73 Å². The third-order valence-electron chi connectivity index (χ3n) is 2.70. The van der Waals surface area contributed by atoms with Crippen LogP contribution in [0.4, 0.5) is 17.2 Å². The van der Waals surface area contributed by atoms with Crippen molar-refractivity contribution in [2.45, 2.75) is 0 Å². The second-order valence-corrected chi connectivity index (χ2v) is 4.34. The van der Waals surface area contributed by atoms with Crippen molar-refractivity contribution in [1.82, 2.24) is 4.98 Å². The van der Waals surface area contributed by atoms with Crippen LogP contribution in [-0.2, 0) is 0 Å². The van der Waals surface area contributed by atoms with Crippen molar-refractivity contribution in [1.29, 1.82) is 0 Å². The van der Waals surface area contributed by atoms with Gasteiger partial charge in [-0.3, -0.25) is 4.79 Å². The summed E-state index contributed by atoms with van der Waals surface area (Å²) in [6, 6.07) is 10.9. The molecule has 2 aromatic rings. The minimum atomic E-state index is -0.262. The monoisotopic (exact) mass is 256 g/mol. The number of nitrogens with one attached hydrogen (secondary N) is 1. The van der Waals surface area contributed by atoms with Crippen LogP contribution in [0.25, 0.3) is 0 Å². The Morgan fingerprint density at radius 2 is 2.05 bits per heavy atom. The fourth-order valence-corrected chi connectivity index (χ4v) is 1.67. The summed E-state index contributed by atoms with van der Waals surface area (Å²) in [6.45, 7) is 0. The molecule has 0 bridgehead atoms. The molecule has 98 valence electrons. The molecule has 3 N–H and O–H groups in total. The number of aromatic nitrogens is 1. The van der Waals surface area contributed by atoms with Gasteiger partial charge in [-0.05, 0) is 30.3 Å². The number of anilines is 3. The number of nitrogens with zero attached hydrogens (tertiary/aromatic N) is 2. The minimum Gasteiger partial charge on any atom is -0.383 e. The van der Waals surface area contributed by atoms with Crippen LogP contribution in [0, 0.1) is 0 Å². The summed E-state index contributed by atoms with van der Waals surface area (Å²) < 4.78 is 0. The molecule has 0 unspecified atom stereocenters. The minimum absolute atomic E-state index is 0.226. The van der Waals surface area contributed by atoms with E-state index in [0.29, 0.717) is 5.56 Å². The first-order valence-corrected chi connectivity index (χ1v) is 5.87. The molecule has 0 aliphatic rings. The van der Waals surface area contributed by atoms with Gasteiger partial charge < -0.3 is 16.0 Å². The Bertz CT molecular complexity index is 596. The number of hydrogen-bond acceptors (Lipinski definition) is 4. The molecule has 1 aromatic carbocycles. The second kappa shape index (κ2) is 5.39. The number of amides is 1. The Morgan fingerprint density at radius 3 is 2.74 bits per heavy atom. The molecule has 0 saturated heterocycles. The number of benzene rings is 1. The van der Waals surface area contributed by atoms with Gasteiger partial charge in [0, 0.05) is 31.7 Å². The van der Waals surface area contributed by atoms with Crippen molar-refractivity contribution in [3.05, 3.63) is 48.2 Å². The van der Waals surface area contributed by atoms with Crippen molar-refractivity contribution in [3.63, 3.8) is 0 Å². The second-order valence-electron chi connectivity index (χ2n) is 4.34. The van der Waals surface area contributed by atoms with E-state index in [-0.39, 0.29) is 11.7 Å². The zero-order chi connectivity index (χ0) is 13.8. The van der Waals surface area contributed by atoms with E-state index in [2.05, 4.69) is 10.3 Å². The largest absolute Gasteiger partial charge is 0.383 e. The fraction of sp³-hybridized carbons (Fsp3) is 0.143. The summed E-state index contributed by atoms with van der Waals surface area (Å²) in [5.74, 6) is -0.0368. The highest BCUT2D eigenvalue weighted by atomic mass is 16.1. The highest BCUT2D eigenvalue weighted by Crippen LogP contribution is 2.18. The molecule has 19 heavy (non-hydrogen) atoms. The van der Waals surface area contributed by atoms with E-state index in [0.717, 1.165) is 11.4 Å². The first kappa shape index (κ1) is 12.9. The highest BCUT2D eigenvalue weighted by Gasteiger charge is 2.10. The molecule has 0 fully saturated rings. The molecule has 1 amide bonds. The van der Waals surface area contributed by atoms with Crippen LogP contribution in [0.3, 0.4) is 0 Å². The van der Waals surface area contributed by atoms with Crippen LogP contribution < -0.4 is 16.0 Å². The number of hydrogen-bond donors (Lipinski definition) is 2. The van der Waals surface area contributed by atoms with E-state index in [1.165, 1.54) is 0 Å². The van der Waals surface area contributed by atoms with Crippen LogP contribution in [0.15, 0.2) is 42.6 Å². The maximum absolute atomic E-state index is 12.1. The van der Waals surface area contributed by atoms with Crippen LogP contribution in [0.1, 0.15) is 10.4 Å². The van der Waals surface area contributed by atoms with Crippen LogP contribution in [0.2, 0.25) is 0 Å². The Morgan fingerprint density at radius 1 is 1.26 bits per heavy atom. The Balaban J connectivity index is 2.20. The average Bonchev–Trinajstić information content (AvgIpc) is 2.39. The number of rotatable bonds is 3. The Kier molecular flexibility index (Phi) is 3.66. The summed E-state index contributed by atoms with van der Waals surface area (Å²) in [4.78, 5) is 17.9. The zero-order valence-corrected chi connectivity index (χ0v) is 10.9. The summed E-state index contributed by atoms with van der Waals surface area (Å²) in [5, 5.41) is 2.81. The molecular formula is C14H16N4O. The average molecular weight is 256 g/mol. The molecule has 0 atom stereocenters. The van der Waals surface area contributed by atoms with Crippen LogP contribution in [-0.4, -0.2) is 25.0 Å². The first-order valence-electron chi connectivity index (χ1n) is 5.87. The summed E-state index contributed by atoms with van der Waals surface area (Å²) in [6.07, 6.45) is 1.55. The predicted octanol–water partition coefficient (Wildman–Crippen LogP) is 1.98. The quantitative estimate of drug-likeness (QED) is 0.881. The van der Waals surface area contributed by atoms with Crippen molar-refractivity contribution in [2.24, 2.45) is 0 Å². The van der Waals surface area contributed by atoms with Crippen molar-refractivity contribution in [3.8, 4) is 0 Å². The van der Waals surface area contributed by atoms with E-state index in [9.17, 15) is 4.79 Å². The Hall–Kier alpha value is -2.56. The Labute approximate surface area is 112 Å². The lowest BCUT2D eigenvalue weighted by atomic mass is 10.2. The maximum Gasteiger partial charge on any atom is 0.259 e. The zero-order valence-electron chi connectivity index (χ0n) is 10.9. The molecule has 0 radical (unpaired) electrons. The molecule has 1 aromatic heterocycles. The first-order chi connectivity index (χ1) is 9.08. The third kappa shape index (κ3) is 3.01. The maximum atomic E-state index is 12.1. The third-order valence-corrected chi connectivity index (χ3v) is 2.70. The standard InChI is InChI=1S/C14H16N4O/c1-18(2)11-6-3-5-10(9-11)17-14(19)12-7-4-8-16-13(12)15/h3-9H,1-2H3,(H2,15,16)(H,17,19). The highest BCUT2D eigenvalue weighted by molar-refractivity contribution is 6.07. The topological polar surface area (TPSA) is 71.2 Å². The van der Waals surface area contributed by atoms with Gasteiger partial charge in [-0.25, -0.2) is 4.98 Å². The van der Waals surface area contributed by atoms with E-state index in [1.54, 1.807) is 18.3 Å². The van der Waals surface area contributed by atoms with Crippen molar-refractivity contribution < 1.29 is 4.79 Å². The normalized spacial score (nSPS) is 10.0. The molecule has 1 heterocycles. The number of carbonyl (C=O) groups is 1. The SMILES string of the molecule is CN(C)c1cccc(NC(=O)c2cccnc2N)c1. The van der Waals surface area contributed by atoms with E-state index < -0.39 is 0 Å². The van der Waals surface area contributed by atoms with Gasteiger partial charge in [0.05, 0.1) is 5.56 Å². The number of pyridine rings is 1. The summed E-state index contributed by atoms with van der Waals surface area (Å²) >= 11 is 0. The van der Waals surface area contributed by atoms with Crippen LogP contribution >= 0.6 is 0 Å². The molecule has 5 heteroatoms. The van der Waals surface area contributed by atoms with Gasteiger partial charge in [-0.15, -0.1) is 0 Å². The number of nitrogen functional groups attached to an aromatic ring is 1. The molecule has 0 saturated carbocycles. The summed E-state index contributed by atoms with van der Waals surface area (Å²) in [5.41, 5.74) is 7.78. The van der Waals surface area contributed by atoms with Gasteiger partial charge in [0.2, 0.25) is 0 Å². The predicted molar refractivity (Wildman–Crippen MR) is 77.4 cm³/mol. The summed E-state index contributed by atoms with van der Waals surface area (Å²) in [7, 11) is 3.89.